The molecule has 1 spiro atoms. The van der Waals surface area contributed by atoms with Gasteiger partial charge in [-0.25, -0.2) is 0 Å². The van der Waals surface area contributed by atoms with Gasteiger partial charge in [-0.3, -0.25) is 4.79 Å². The van der Waals surface area contributed by atoms with Crippen molar-refractivity contribution in [3.8, 4) is 0 Å². The first-order chi connectivity index (χ1) is 6.63. The first-order valence-electron chi connectivity index (χ1n) is 5.14. The molecule has 0 unspecified atom stereocenters. The van der Waals surface area contributed by atoms with Gasteiger partial charge in [-0.2, -0.15) is 0 Å². The molecule has 4 nitrogen and oxygen atoms in total. The van der Waals surface area contributed by atoms with Gasteiger partial charge in [0, 0.05) is 12.8 Å². The average Bonchev–Trinajstić information content (AvgIpc) is 2.52. The third-order valence-electron chi connectivity index (χ3n) is 3.29. The number of ether oxygens (including phenoxy) is 2. The third-order valence-corrected chi connectivity index (χ3v) is 3.29. The number of rotatable bonds is 1. The largest absolute Gasteiger partial charge is 0.481 e. The van der Waals surface area contributed by atoms with Crippen LogP contribution in [0.2, 0.25) is 0 Å². The summed E-state index contributed by atoms with van der Waals surface area (Å²) in [7, 11) is 0. The second-order valence-electron chi connectivity index (χ2n) is 4.27. The first kappa shape index (κ1) is 9.93. The zero-order valence-corrected chi connectivity index (χ0v) is 8.36. The summed E-state index contributed by atoms with van der Waals surface area (Å²) in [6.45, 7) is 3.25. The minimum atomic E-state index is -0.689. The maximum absolute atomic E-state index is 10.9. The predicted molar refractivity (Wildman–Crippen MR) is 48.8 cm³/mol. The first-order valence-corrected chi connectivity index (χ1v) is 5.14. The Morgan fingerprint density at radius 1 is 1.43 bits per heavy atom. The standard InChI is InChI=1S/C10H16O4/c1-7-6-10(13-4-5-14-10)3-2-8(7)9(11)12/h7-8H,2-6H2,1H3,(H,11,12)/t7-,8+/m0/s1. The molecule has 0 aromatic rings. The molecule has 14 heavy (non-hydrogen) atoms. The number of hydrogen-bond acceptors (Lipinski definition) is 3. The molecular weight excluding hydrogens is 184 g/mol. The molecule has 0 amide bonds. The van der Waals surface area contributed by atoms with E-state index in [1.807, 2.05) is 6.92 Å². The Balaban J connectivity index is 2.02. The van der Waals surface area contributed by atoms with Crippen LogP contribution in [0.1, 0.15) is 26.2 Å². The highest BCUT2D eigenvalue weighted by Crippen LogP contribution is 2.41. The molecule has 80 valence electrons. The molecule has 1 N–H and O–H groups in total. The van der Waals surface area contributed by atoms with Crippen LogP contribution in [0.5, 0.6) is 0 Å². The highest BCUT2D eigenvalue weighted by atomic mass is 16.7. The molecule has 1 aliphatic heterocycles. The second kappa shape index (κ2) is 3.51. The van der Waals surface area contributed by atoms with Crippen LogP contribution in [0.3, 0.4) is 0 Å². The van der Waals surface area contributed by atoms with E-state index in [0.29, 0.717) is 32.5 Å². The van der Waals surface area contributed by atoms with E-state index < -0.39 is 11.8 Å². The molecule has 4 heteroatoms. The summed E-state index contributed by atoms with van der Waals surface area (Å²) in [5.74, 6) is -1.23. The number of carboxylic acids is 1. The topological polar surface area (TPSA) is 55.8 Å². The summed E-state index contributed by atoms with van der Waals surface area (Å²) in [6, 6.07) is 0. The zero-order chi connectivity index (χ0) is 10.2. The molecule has 1 saturated heterocycles. The lowest BCUT2D eigenvalue weighted by Gasteiger charge is -2.37. The lowest BCUT2D eigenvalue weighted by Crippen LogP contribution is -2.41. The Labute approximate surface area is 83.2 Å². The summed E-state index contributed by atoms with van der Waals surface area (Å²) in [4.78, 5) is 10.9. The van der Waals surface area contributed by atoms with Gasteiger partial charge >= 0.3 is 5.97 Å². The molecule has 2 rings (SSSR count). The van der Waals surface area contributed by atoms with E-state index in [4.69, 9.17) is 14.6 Å². The Kier molecular flexibility index (Phi) is 2.49. The van der Waals surface area contributed by atoms with E-state index in [0.717, 1.165) is 0 Å². The highest BCUT2D eigenvalue weighted by molar-refractivity contribution is 5.70. The molecule has 0 aromatic heterocycles. The van der Waals surface area contributed by atoms with Crippen LogP contribution in [0.15, 0.2) is 0 Å². The Morgan fingerprint density at radius 2 is 2.07 bits per heavy atom. The van der Waals surface area contributed by atoms with Crippen LogP contribution in [-0.4, -0.2) is 30.1 Å². The number of carbonyl (C=O) groups is 1. The minimum Gasteiger partial charge on any atom is -0.481 e. The van der Waals surface area contributed by atoms with Gasteiger partial charge in [0.05, 0.1) is 19.1 Å². The lowest BCUT2D eigenvalue weighted by atomic mass is 9.77. The molecular formula is C10H16O4. The van der Waals surface area contributed by atoms with Crippen LogP contribution in [0.4, 0.5) is 0 Å². The van der Waals surface area contributed by atoms with E-state index in [-0.39, 0.29) is 11.8 Å². The smallest absolute Gasteiger partial charge is 0.306 e. The van der Waals surface area contributed by atoms with Gasteiger partial charge in [0.25, 0.3) is 0 Å². The van der Waals surface area contributed by atoms with Crippen molar-refractivity contribution < 1.29 is 19.4 Å². The molecule has 1 aliphatic carbocycles. The van der Waals surface area contributed by atoms with Crippen LogP contribution < -0.4 is 0 Å². The zero-order valence-electron chi connectivity index (χ0n) is 8.36. The number of carboxylic acid groups (broad SMARTS) is 1. The summed E-state index contributed by atoms with van der Waals surface area (Å²) < 4.78 is 11.1. The maximum atomic E-state index is 10.9. The average molecular weight is 200 g/mol. The van der Waals surface area contributed by atoms with Crippen LogP contribution in [-0.2, 0) is 14.3 Å². The SMILES string of the molecule is C[C@H]1CC2(CC[C@H]1C(=O)O)OCCO2. The fourth-order valence-electron chi connectivity index (χ4n) is 2.52. The summed E-state index contributed by atoms with van der Waals surface area (Å²) in [6.07, 6.45) is 2.09. The van der Waals surface area contributed by atoms with Crippen LogP contribution in [0.25, 0.3) is 0 Å². The fraction of sp³-hybridized carbons (Fsp3) is 0.900. The van der Waals surface area contributed by atoms with Gasteiger partial charge in [-0.1, -0.05) is 6.92 Å². The van der Waals surface area contributed by atoms with Gasteiger partial charge in [-0.05, 0) is 12.3 Å². The van der Waals surface area contributed by atoms with Crippen molar-refractivity contribution in [2.45, 2.75) is 32.0 Å². The van der Waals surface area contributed by atoms with Crippen molar-refractivity contribution in [2.24, 2.45) is 11.8 Å². The van der Waals surface area contributed by atoms with E-state index in [1.54, 1.807) is 0 Å². The van der Waals surface area contributed by atoms with E-state index in [9.17, 15) is 4.79 Å². The van der Waals surface area contributed by atoms with Crippen molar-refractivity contribution in [1.82, 2.24) is 0 Å². The lowest BCUT2D eigenvalue weighted by molar-refractivity contribution is -0.196. The van der Waals surface area contributed by atoms with Gasteiger partial charge in [0.2, 0.25) is 0 Å². The predicted octanol–water partition coefficient (Wildman–Crippen LogP) is 1.25. The Hall–Kier alpha value is -0.610. The summed E-state index contributed by atoms with van der Waals surface area (Å²) in [5.41, 5.74) is 0. The summed E-state index contributed by atoms with van der Waals surface area (Å²) in [5, 5.41) is 8.96. The molecule has 0 aromatic carbocycles. The number of aliphatic carboxylic acids is 1. The van der Waals surface area contributed by atoms with Crippen LogP contribution in [0, 0.1) is 11.8 Å². The van der Waals surface area contributed by atoms with Crippen molar-refractivity contribution in [3.05, 3.63) is 0 Å². The molecule has 2 fully saturated rings. The van der Waals surface area contributed by atoms with Crippen LogP contribution >= 0.6 is 0 Å². The van der Waals surface area contributed by atoms with Gasteiger partial charge in [-0.15, -0.1) is 0 Å². The Bertz CT molecular complexity index is 232. The molecule has 2 atom stereocenters. The molecule has 0 bridgehead atoms. The highest BCUT2D eigenvalue weighted by Gasteiger charge is 2.45. The molecule has 0 radical (unpaired) electrons. The minimum absolute atomic E-state index is 0.138. The van der Waals surface area contributed by atoms with Crippen molar-refractivity contribution in [2.75, 3.05) is 13.2 Å². The molecule has 1 saturated carbocycles. The van der Waals surface area contributed by atoms with E-state index in [2.05, 4.69) is 0 Å². The van der Waals surface area contributed by atoms with Crippen molar-refractivity contribution in [1.29, 1.82) is 0 Å². The third kappa shape index (κ3) is 1.64. The Morgan fingerprint density at radius 3 is 2.57 bits per heavy atom. The molecule has 1 heterocycles. The monoisotopic (exact) mass is 200 g/mol. The maximum Gasteiger partial charge on any atom is 0.306 e. The van der Waals surface area contributed by atoms with Crippen molar-refractivity contribution >= 4 is 5.97 Å². The quantitative estimate of drug-likeness (QED) is 0.692. The van der Waals surface area contributed by atoms with Gasteiger partial charge in [0.15, 0.2) is 5.79 Å². The molecule has 2 aliphatic rings. The fourth-order valence-corrected chi connectivity index (χ4v) is 2.52. The van der Waals surface area contributed by atoms with E-state index >= 15 is 0 Å². The van der Waals surface area contributed by atoms with Crippen molar-refractivity contribution in [3.63, 3.8) is 0 Å². The van der Waals surface area contributed by atoms with Gasteiger partial charge in [0.1, 0.15) is 0 Å². The summed E-state index contributed by atoms with van der Waals surface area (Å²) >= 11 is 0. The van der Waals surface area contributed by atoms with Gasteiger partial charge < -0.3 is 14.6 Å². The van der Waals surface area contributed by atoms with E-state index in [1.165, 1.54) is 0 Å². The number of hydrogen-bond donors (Lipinski definition) is 1. The normalized spacial score (nSPS) is 36.1. The second-order valence-corrected chi connectivity index (χ2v) is 4.27.